The number of nitrogens with one attached hydrogen (secondary N) is 3. The molecule has 0 spiro atoms. The third-order valence-corrected chi connectivity index (χ3v) is 10.9. The van der Waals surface area contributed by atoms with Crippen LogP contribution in [0.25, 0.3) is 11.0 Å². The number of halogens is 5. The lowest BCUT2D eigenvalue weighted by molar-refractivity contribution is -0.182. The third-order valence-electron chi connectivity index (χ3n) is 10.1. The molecule has 50 heavy (non-hydrogen) atoms. The van der Waals surface area contributed by atoms with E-state index in [1.54, 1.807) is 36.4 Å². The van der Waals surface area contributed by atoms with Crippen LogP contribution in [0.4, 0.5) is 30.5 Å². The summed E-state index contributed by atoms with van der Waals surface area (Å²) < 4.78 is 41.6. The minimum absolute atomic E-state index is 0.000510. The number of aliphatic hydroxyl groups is 1. The number of pyridine rings is 1. The van der Waals surface area contributed by atoms with E-state index in [0.717, 1.165) is 24.3 Å². The molecule has 1 saturated heterocycles. The van der Waals surface area contributed by atoms with Crippen LogP contribution in [0.1, 0.15) is 64.2 Å². The molecule has 0 bridgehead atoms. The molecule has 2 unspecified atom stereocenters. The first kappa shape index (κ1) is 34.4. The molecular weight excluding hydrogens is 694 g/mol. The lowest BCUT2D eigenvalue weighted by atomic mass is 9.85. The number of aryl methyl sites for hydroxylation is 1. The molecule has 264 valence electrons. The Morgan fingerprint density at radius 3 is 2.44 bits per heavy atom. The number of fused-ring (bicyclic) bond motifs is 2. The van der Waals surface area contributed by atoms with Crippen molar-refractivity contribution in [3.63, 3.8) is 0 Å². The summed E-state index contributed by atoms with van der Waals surface area (Å²) in [6.07, 6.45) is -2.49. The summed E-state index contributed by atoms with van der Waals surface area (Å²) in [6, 6.07) is 11.5. The molecule has 10 nitrogen and oxygen atoms in total. The van der Waals surface area contributed by atoms with Gasteiger partial charge < -0.3 is 30.5 Å². The first-order valence-electron chi connectivity index (χ1n) is 16.6. The minimum atomic E-state index is -4.22. The average Bonchev–Trinajstić information content (AvgIpc) is 3.59. The summed E-state index contributed by atoms with van der Waals surface area (Å²) in [5.74, 6) is -0.466. The summed E-state index contributed by atoms with van der Waals surface area (Å²) >= 11 is 13.4. The highest BCUT2D eigenvalue weighted by molar-refractivity contribution is 6.39. The van der Waals surface area contributed by atoms with Gasteiger partial charge in [0.2, 0.25) is 5.95 Å². The first-order chi connectivity index (χ1) is 23.9. The fourth-order valence-electron chi connectivity index (χ4n) is 7.12. The largest absolute Gasteiger partial charge is 0.391 e. The Kier molecular flexibility index (Phi) is 9.33. The molecule has 3 fully saturated rings. The summed E-state index contributed by atoms with van der Waals surface area (Å²) in [4.78, 5) is 37.6. The van der Waals surface area contributed by atoms with Crippen LogP contribution in [0.2, 0.25) is 10.0 Å². The Morgan fingerprint density at radius 1 is 1.00 bits per heavy atom. The van der Waals surface area contributed by atoms with Crippen molar-refractivity contribution < 1.29 is 27.9 Å². The van der Waals surface area contributed by atoms with Crippen molar-refractivity contribution in [3.05, 3.63) is 75.0 Å². The van der Waals surface area contributed by atoms with Crippen molar-refractivity contribution >= 4 is 63.4 Å². The van der Waals surface area contributed by atoms with Crippen molar-refractivity contribution in [2.24, 2.45) is 24.8 Å². The molecule has 0 radical (unpaired) electrons. The summed E-state index contributed by atoms with van der Waals surface area (Å²) in [5.41, 5.74) is 4.02. The van der Waals surface area contributed by atoms with Gasteiger partial charge in [-0.1, -0.05) is 35.3 Å². The van der Waals surface area contributed by atoms with E-state index < -0.39 is 18.0 Å². The zero-order chi connectivity index (χ0) is 35.3. The Balaban J connectivity index is 1.13. The van der Waals surface area contributed by atoms with Crippen molar-refractivity contribution in [1.29, 1.82) is 0 Å². The number of benzene rings is 2. The van der Waals surface area contributed by atoms with Gasteiger partial charge in [0.15, 0.2) is 0 Å². The van der Waals surface area contributed by atoms with Crippen molar-refractivity contribution in [1.82, 2.24) is 25.2 Å². The van der Waals surface area contributed by atoms with Crippen LogP contribution < -0.4 is 20.9 Å². The van der Waals surface area contributed by atoms with Crippen LogP contribution in [-0.4, -0.2) is 56.8 Å². The molecule has 2 saturated carbocycles. The Labute approximate surface area is 296 Å². The Hall–Kier alpha value is -4.07. The molecule has 4 N–H and O–H groups in total. The van der Waals surface area contributed by atoms with Crippen LogP contribution in [0, 0.1) is 17.8 Å². The lowest BCUT2D eigenvalue weighted by Gasteiger charge is -2.31. The van der Waals surface area contributed by atoms with Crippen LogP contribution in [0.15, 0.2) is 42.5 Å². The second-order valence-corrected chi connectivity index (χ2v) is 14.2. The highest BCUT2D eigenvalue weighted by Crippen LogP contribution is 2.47. The molecular formula is C35H36Cl2F3N7O3. The van der Waals surface area contributed by atoms with Gasteiger partial charge in [-0.05, 0) is 79.8 Å². The van der Waals surface area contributed by atoms with E-state index in [0.29, 0.717) is 50.8 Å². The molecule has 3 heterocycles. The zero-order valence-electron chi connectivity index (χ0n) is 27.2. The summed E-state index contributed by atoms with van der Waals surface area (Å²) in [5, 5.41) is 19.0. The van der Waals surface area contributed by atoms with E-state index in [-0.39, 0.29) is 61.5 Å². The molecule has 4 aromatic rings. The lowest BCUT2D eigenvalue weighted by Crippen LogP contribution is -2.40. The number of alkyl halides is 3. The molecule has 2 aromatic heterocycles. The smallest absolute Gasteiger partial charge is 0.390 e. The number of rotatable bonds is 9. The van der Waals surface area contributed by atoms with Gasteiger partial charge >= 0.3 is 6.18 Å². The second kappa shape index (κ2) is 13.6. The van der Waals surface area contributed by atoms with E-state index in [9.17, 15) is 27.9 Å². The van der Waals surface area contributed by atoms with Crippen LogP contribution in [-0.2, 0) is 20.2 Å². The maximum atomic E-state index is 13.8. The van der Waals surface area contributed by atoms with Crippen LogP contribution in [0.3, 0.4) is 0 Å². The number of anilines is 3. The number of imidazole rings is 1. The molecule has 2 aromatic carbocycles. The Morgan fingerprint density at radius 2 is 1.74 bits per heavy atom. The molecule has 1 aliphatic heterocycles. The van der Waals surface area contributed by atoms with Gasteiger partial charge in [-0.25, -0.2) is 9.97 Å². The fraction of sp³-hybridized carbons (Fsp3) is 0.429. The first-order valence-corrected chi connectivity index (χ1v) is 17.4. The van der Waals surface area contributed by atoms with Crippen molar-refractivity contribution in [3.8, 4) is 0 Å². The number of carbonyl (C=O) groups excluding carboxylic acids is 2. The third kappa shape index (κ3) is 6.95. The van der Waals surface area contributed by atoms with E-state index >= 15 is 0 Å². The van der Waals surface area contributed by atoms with Crippen LogP contribution >= 0.6 is 23.2 Å². The van der Waals surface area contributed by atoms with E-state index in [4.69, 9.17) is 28.2 Å². The van der Waals surface area contributed by atoms with Gasteiger partial charge in [-0.15, -0.1) is 0 Å². The average molecular weight is 731 g/mol. The van der Waals surface area contributed by atoms with Gasteiger partial charge in [-0.2, -0.15) is 13.2 Å². The highest BCUT2D eigenvalue weighted by atomic mass is 35.5. The monoisotopic (exact) mass is 729 g/mol. The SMILES string of the molecule is Cn1c(Nc2c(Cl)ccc(CNC(=O)c3cccc(CO)n3)c2Cl)nc2cc(C(=O)NC3CCC(C(F)(F)F)CC3)c(N3CC4CC4C3)cc21. The normalized spacial score (nSPS) is 21.6. The number of piperidine rings is 1. The molecule has 15 heteroatoms. The molecule has 3 aliphatic rings. The number of hydrogen-bond acceptors (Lipinski definition) is 7. The highest BCUT2D eigenvalue weighted by Gasteiger charge is 2.46. The number of nitrogens with zero attached hydrogens (tertiary/aromatic N) is 4. The van der Waals surface area contributed by atoms with E-state index in [2.05, 4.69) is 25.8 Å². The summed E-state index contributed by atoms with van der Waals surface area (Å²) in [7, 11) is 1.83. The molecule has 7 rings (SSSR count). The number of aliphatic hydroxyl groups excluding tert-OH is 1. The van der Waals surface area contributed by atoms with E-state index in [1.165, 1.54) is 6.42 Å². The van der Waals surface area contributed by atoms with E-state index in [1.807, 2.05) is 17.7 Å². The predicted molar refractivity (Wildman–Crippen MR) is 185 cm³/mol. The number of amides is 2. The number of aromatic nitrogens is 3. The second-order valence-electron chi connectivity index (χ2n) is 13.5. The van der Waals surface area contributed by atoms with Gasteiger partial charge in [0.05, 0.1) is 56.2 Å². The van der Waals surface area contributed by atoms with Crippen molar-refractivity contribution in [2.45, 2.75) is 57.5 Å². The predicted octanol–water partition coefficient (Wildman–Crippen LogP) is 6.75. The summed E-state index contributed by atoms with van der Waals surface area (Å²) in [6.45, 7) is 1.47. The van der Waals surface area contributed by atoms with Crippen molar-refractivity contribution in [2.75, 3.05) is 23.3 Å². The zero-order valence-corrected chi connectivity index (χ0v) is 28.7. The minimum Gasteiger partial charge on any atom is -0.390 e. The maximum absolute atomic E-state index is 13.8. The fourth-order valence-corrected chi connectivity index (χ4v) is 7.66. The number of carbonyl (C=O) groups is 2. The maximum Gasteiger partial charge on any atom is 0.391 e. The van der Waals surface area contributed by atoms with Gasteiger partial charge in [-0.3, -0.25) is 9.59 Å². The van der Waals surface area contributed by atoms with Gasteiger partial charge in [0.1, 0.15) is 5.69 Å². The quantitative estimate of drug-likeness (QED) is 0.150. The van der Waals surface area contributed by atoms with Crippen LogP contribution in [0.5, 0.6) is 0 Å². The van der Waals surface area contributed by atoms with Gasteiger partial charge in [0, 0.05) is 32.7 Å². The molecule has 2 atom stereocenters. The topological polar surface area (TPSA) is 124 Å². The standard InChI is InChI=1S/C35H36Cl2F3N7O3/c1-46-29-13-28(47-15-19-11-20(19)16-47)24(32(49)43-22-8-6-21(7-9-22)35(38,39)40)12-27(29)44-34(46)45-31-25(36)10-5-18(30(31)37)14-41-33(50)26-4-2-3-23(17-48)42-26/h2-5,10,12-13,19-22,48H,6-9,11,14-17H2,1H3,(H,41,50)(H,43,49)(H,44,45). The number of hydrogen-bond donors (Lipinski definition) is 4. The Bertz CT molecular complexity index is 1950. The molecule has 2 amide bonds. The van der Waals surface area contributed by atoms with Gasteiger partial charge in [0.25, 0.3) is 11.8 Å². The molecule has 2 aliphatic carbocycles.